The number of para-hydroxylation sites is 1. The van der Waals surface area contributed by atoms with Crippen molar-refractivity contribution in [2.45, 2.75) is 25.3 Å². The first-order valence-corrected chi connectivity index (χ1v) is 11.6. The van der Waals surface area contributed by atoms with E-state index < -0.39 is 10.0 Å². The third-order valence-electron chi connectivity index (χ3n) is 5.09. The second-order valence-electron chi connectivity index (χ2n) is 7.48. The molecule has 0 bridgehead atoms. The van der Waals surface area contributed by atoms with Gasteiger partial charge in [-0.15, -0.1) is 0 Å². The van der Waals surface area contributed by atoms with Crippen LogP contribution >= 0.6 is 0 Å². The van der Waals surface area contributed by atoms with E-state index in [-0.39, 0.29) is 10.7 Å². The minimum atomic E-state index is -3.84. The van der Waals surface area contributed by atoms with E-state index in [1.165, 1.54) is 16.4 Å². The molecule has 0 saturated heterocycles. The van der Waals surface area contributed by atoms with Crippen LogP contribution in [0.15, 0.2) is 84.0 Å². The largest absolute Gasteiger partial charge is 0.493 e. The summed E-state index contributed by atoms with van der Waals surface area (Å²) in [6.07, 6.45) is 2.90. The first kappa shape index (κ1) is 21.6. The Morgan fingerprint density at radius 1 is 0.938 bits per heavy atom. The molecule has 0 amide bonds. The molecule has 32 heavy (non-hydrogen) atoms. The van der Waals surface area contributed by atoms with Gasteiger partial charge in [0.15, 0.2) is 17.3 Å². The molecule has 1 heterocycles. The molecule has 0 saturated carbocycles. The monoisotopic (exact) mass is 448 g/mol. The fourth-order valence-electron chi connectivity index (χ4n) is 3.46. The lowest BCUT2D eigenvalue weighted by Crippen LogP contribution is -2.14. The van der Waals surface area contributed by atoms with Gasteiger partial charge < -0.3 is 9.47 Å². The average Bonchev–Trinajstić information content (AvgIpc) is 3.28. The van der Waals surface area contributed by atoms with E-state index in [1.54, 1.807) is 49.6 Å². The van der Waals surface area contributed by atoms with Gasteiger partial charge in [0.1, 0.15) is 6.61 Å². The lowest BCUT2D eigenvalue weighted by molar-refractivity contribution is 0.285. The Morgan fingerprint density at radius 3 is 2.41 bits per heavy atom. The van der Waals surface area contributed by atoms with Gasteiger partial charge in [0.05, 0.1) is 17.6 Å². The summed E-state index contributed by atoms with van der Waals surface area (Å²) in [5.74, 6) is 1.18. The van der Waals surface area contributed by atoms with Gasteiger partial charge in [0.25, 0.3) is 10.0 Å². The van der Waals surface area contributed by atoms with Crippen LogP contribution in [0.25, 0.3) is 11.4 Å². The van der Waals surface area contributed by atoms with Crippen molar-refractivity contribution in [2.75, 3.05) is 7.11 Å². The van der Waals surface area contributed by atoms with E-state index in [2.05, 4.69) is 4.98 Å². The van der Waals surface area contributed by atoms with E-state index in [1.807, 2.05) is 38.1 Å². The van der Waals surface area contributed by atoms with Crippen molar-refractivity contribution in [1.29, 1.82) is 0 Å². The molecule has 1 aromatic heterocycles. The third kappa shape index (κ3) is 4.24. The first-order chi connectivity index (χ1) is 15.4. The summed E-state index contributed by atoms with van der Waals surface area (Å²) in [5, 5.41) is 0. The maximum atomic E-state index is 13.3. The summed E-state index contributed by atoms with van der Waals surface area (Å²) in [7, 11) is -2.29. The normalized spacial score (nSPS) is 11.3. The standard InChI is InChI=1S/C25H24N2O4S/c1-18-10-12-21(13-11-18)32(28,29)27-15-14-26-25(27)22-8-5-9-23(30-3)24(22)31-17-20-7-4-6-19(2)16-20/h4-16H,17H2,1-3H3. The molecule has 0 atom stereocenters. The van der Waals surface area contributed by atoms with Crippen LogP contribution in [0.4, 0.5) is 0 Å². The minimum Gasteiger partial charge on any atom is -0.493 e. The topological polar surface area (TPSA) is 70.4 Å². The van der Waals surface area contributed by atoms with Crippen LogP contribution in [0, 0.1) is 13.8 Å². The summed E-state index contributed by atoms with van der Waals surface area (Å²) >= 11 is 0. The van der Waals surface area contributed by atoms with Crippen LogP contribution in [0.5, 0.6) is 11.5 Å². The Balaban J connectivity index is 1.77. The van der Waals surface area contributed by atoms with Crippen molar-refractivity contribution in [3.05, 3.63) is 95.8 Å². The predicted molar refractivity (Wildman–Crippen MR) is 123 cm³/mol. The number of rotatable bonds is 7. The van der Waals surface area contributed by atoms with Crippen molar-refractivity contribution in [3.8, 4) is 22.9 Å². The van der Waals surface area contributed by atoms with Gasteiger partial charge in [-0.25, -0.2) is 17.4 Å². The SMILES string of the molecule is COc1cccc(-c2nccn2S(=O)(=O)c2ccc(C)cc2)c1OCc1cccc(C)c1. The highest BCUT2D eigenvalue weighted by molar-refractivity contribution is 7.90. The summed E-state index contributed by atoms with van der Waals surface area (Å²) in [6, 6.07) is 20.1. The molecule has 0 spiro atoms. The van der Waals surface area contributed by atoms with Gasteiger partial charge in [-0.3, -0.25) is 0 Å². The Bertz CT molecular complexity index is 1340. The number of methoxy groups -OCH3 is 1. The molecule has 6 nitrogen and oxygen atoms in total. The van der Waals surface area contributed by atoms with Crippen molar-refractivity contribution in [3.63, 3.8) is 0 Å². The molecule has 7 heteroatoms. The van der Waals surface area contributed by atoms with Crippen LogP contribution in [-0.2, 0) is 16.6 Å². The van der Waals surface area contributed by atoms with Crippen molar-refractivity contribution in [2.24, 2.45) is 0 Å². The number of benzene rings is 3. The van der Waals surface area contributed by atoms with Crippen molar-refractivity contribution in [1.82, 2.24) is 8.96 Å². The molecule has 4 rings (SSSR count). The van der Waals surface area contributed by atoms with Gasteiger partial charge in [-0.2, -0.15) is 0 Å². The Hall–Kier alpha value is -3.58. The maximum absolute atomic E-state index is 13.3. The molecule has 4 aromatic rings. The molecular weight excluding hydrogens is 424 g/mol. The van der Waals surface area contributed by atoms with Crippen molar-refractivity contribution >= 4 is 10.0 Å². The van der Waals surface area contributed by atoms with Crippen LogP contribution in [0.3, 0.4) is 0 Å². The molecule has 0 aliphatic heterocycles. The van der Waals surface area contributed by atoms with Crippen LogP contribution in [-0.4, -0.2) is 24.5 Å². The van der Waals surface area contributed by atoms with Gasteiger partial charge in [-0.1, -0.05) is 53.6 Å². The number of imidazole rings is 1. The summed E-state index contributed by atoms with van der Waals surface area (Å²) in [4.78, 5) is 4.54. The number of hydrogen-bond acceptors (Lipinski definition) is 5. The number of hydrogen-bond donors (Lipinski definition) is 0. The average molecular weight is 449 g/mol. The van der Waals surface area contributed by atoms with Crippen LogP contribution < -0.4 is 9.47 Å². The molecule has 0 aliphatic carbocycles. The molecule has 0 N–H and O–H groups in total. The molecule has 0 fully saturated rings. The van der Waals surface area contributed by atoms with E-state index in [0.717, 1.165) is 16.7 Å². The van der Waals surface area contributed by atoms with Gasteiger partial charge >= 0.3 is 0 Å². The van der Waals surface area contributed by atoms with E-state index >= 15 is 0 Å². The van der Waals surface area contributed by atoms with Crippen molar-refractivity contribution < 1.29 is 17.9 Å². The lowest BCUT2D eigenvalue weighted by atomic mass is 10.1. The highest BCUT2D eigenvalue weighted by Gasteiger charge is 2.24. The predicted octanol–water partition coefficient (Wildman–Crippen LogP) is 4.99. The molecule has 164 valence electrons. The maximum Gasteiger partial charge on any atom is 0.269 e. The third-order valence-corrected chi connectivity index (χ3v) is 6.77. The van der Waals surface area contributed by atoms with Crippen LogP contribution in [0.2, 0.25) is 0 Å². The number of nitrogens with zero attached hydrogens (tertiary/aromatic N) is 2. The number of aromatic nitrogens is 2. The lowest BCUT2D eigenvalue weighted by Gasteiger charge is -2.16. The fraction of sp³-hybridized carbons (Fsp3) is 0.160. The highest BCUT2D eigenvalue weighted by atomic mass is 32.2. The quantitative estimate of drug-likeness (QED) is 0.398. The van der Waals surface area contributed by atoms with Gasteiger partial charge in [0, 0.05) is 12.4 Å². The minimum absolute atomic E-state index is 0.187. The molecule has 0 aliphatic rings. The van der Waals surface area contributed by atoms with E-state index in [0.29, 0.717) is 23.7 Å². The summed E-state index contributed by atoms with van der Waals surface area (Å²) in [6.45, 7) is 4.23. The Kier molecular flexibility index (Phi) is 6.01. The second-order valence-corrected chi connectivity index (χ2v) is 9.29. The van der Waals surface area contributed by atoms with E-state index in [9.17, 15) is 8.42 Å². The first-order valence-electron chi connectivity index (χ1n) is 10.1. The fourth-order valence-corrected chi connectivity index (χ4v) is 4.75. The smallest absolute Gasteiger partial charge is 0.269 e. The van der Waals surface area contributed by atoms with Gasteiger partial charge in [0.2, 0.25) is 0 Å². The second kappa shape index (κ2) is 8.88. The van der Waals surface area contributed by atoms with Crippen LogP contribution in [0.1, 0.15) is 16.7 Å². The molecular formula is C25H24N2O4S. The zero-order valence-corrected chi connectivity index (χ0v) is 19.0. The summed E-state index contributed by atoms with van der Waals surface area (Å²) in [5.41, 5.74) is 3.63. The molecule has 0 radical (unpaired) electrons. The zero-order valence-electron chi connectivity index (χ0n) is 18.1. The zero-order chi connectivity index (χ0) is 22.7. The molecule has 0 unspecified atom stereocenters. The van der Waals surface area contributed by atoms with Gasteiger partial charge in [-0.05, 0) is 43.7 Å². The Labute approximate surface area is 188 Å². The highest BCUT2D eigenvalue weighted by Crippen LogP contribution is 2.38. The number of ether oxygens (including phenoxy) is 2. The molecule has 3 aromatic carbocycles. The van der Waals surface area contributed by atoms with E-state index in [4.69, 9.17) is 9.47 Å². The summed E-state index contributed by atoms with van der Waals surface area (Å²) < 4.78 is 39.5. The number of aryl methyl sites for hydroxylation is 2. The Morgan fingerprint density at radius 2 is 1.69 bits per heavy atom.